The number of rotatable bonds is 6. The summed E-state index contributed by atoms with van der Waals surface area (Å²) >= 11 is 0. The molecule has 2 rings (SSSR count). The molecular weight excluding hydrogens is 198 g/mol. The van der Waals surface area contributed by atoms with Gasteiger partial charge in [0.2, 0.25) is 5.91 Å². The summed E-state index contributed by atoms with van der Waals surface area (Å²) in [6.07, 6.45) is 8.41. The average Bonchev–Trinajstić information content (AvgIpc) is 3.02. The van der Waals surface area contributed by atoms with E-state index >= 15 is 0 Å². The Labute approximate surface area is 98.5 Å². The van der Waals surface area contributed by atoms with Gasteiger partial charge in [-0.3, -0.25) is 4.79 Å². The predicted octanol–water partition coefficient (Wildman–Crippen LogP) is 3.18. The molecule has 2 heteroatoms. The molecule has 1 N–H and O–H groups in total. The Hall–Kier alpha value is -0.790. The molecule has 2 nitrogen and oxygen atoms in total. The lowest BCUT2D eigenvalue weighted by Crippen LogP contribution is -2.29. The number of nitrogens with one attached hydrogen (secondary N) is 1. The Morgan fingerprint density at radius 1 is 1.38 bits per heavy atom. The van der Waals surface area contributed by atoms with Gasteiger partial charge in [0.15, 0.2) is 0 Å². The molecule has 1 amide bonds. The number of carbonyl (C=O) groups excluding carboxylic acids is 1. The summed E-state index contributed by atoms with van der Waals surface area (Å²) in [7, 11) is 0. The number of amides is 1. The number of hydrogen-bond acceptors (Lipinski definition) is 1. The fraction of sp³-hybridized carbons (Fsp3) is 0.786. The lowest BCUT2D eigenvalue weighted by Gasteiger charge is -2.07. The van der Waals surface area contributed by atoms with E-state index in [0.717, 1.165) is 12.3 Å². The van der Waals surface area contributed by atoms with Gasteiger partial charge in [0.1, 0.15) is 0 Å². The highest BCUT2D eigenvalue weighted by atomic mass is 16.1. The molecule has 0 radical (unpaired) electrons. The highest BCUT2D eigenvalue weighted by Crippen LogP contribution is 2.50. The lowest BCUT2D eigenvalue weighted by atomic mass is 10.1. The van der Waals surface area contributed by atoms with Gasteiger partial charge < -0.3 is 5.32 Å². The molecule has 0 aromatic heterocycles. The third kappa shape index (κ3) is 3.66. The van der Waals surface area contributed by atoms with Crippen LogP contribution in [0.3, 0.4) is 0 Å². The molecule has 2 aliphatic carbocycles. The Kier molecular flexibility index (Phi) is 3.67. The van der Waals surface area contributed by atoms with Crippen molar-refractivity contribution in [2.24, 2.45) is 5.92 Å². The molecule has 0 heterocycles. The quantitative estimate of drug-likeness (QED) is 0.541. The van der Waals surface area contributed by atoms with Gasteiger partial charge in [-0.05, 0) is 51.9 Å². The summed E-state index contributed by atoms with van der Waals surface area (Å²) in [4.78, 5) is 11.4. The topological polar surface area (TPSA) is 29.1 Å². The zero-order chi connectivity index (χ0) is 11.5. The van der Waals surface area contributed by atoms with Crippen molar-refractivity contribution in [1.29, 1.82) is 0 Å². The minimum absolute atomic E-state index is 0.214. The third-order valence-electron chi connectivity index (χ3n) is 3.41. The first-order valence-corrected chi connectivity index (χ1v) is 6.67. The minimum atomic E-state index is 0.214. The highest BCUT2D eigenvalue weighted by Gasteiger charge is 2.35. The molecule has 0 saturated heterocycles. The van der Waals surface area contributed by atoms with Crippen LogP contribution in [0, 0.1) is 5.92 Å². The van der Waals surface area contributed by atoms with Crippen LogP contribution in [0.1, 0.15) is 58.8 Å². The molecule has 2 saturated carbocycles. The van der Waals surface area contributed by atoms with Crippen LogP contribution in [0.2, 0.25) is 0 Å². The van der Waals surface area contributed by atoms with Gasteiger partial charge in [0.25, 0.3) is 0 Å². The van der Waals surface area contributed by atoms with Gasteiger partial charge >= 0.3 is 0 Å². The van der Waals surface area contributed by atoms with E-state index in [0.29, 0.717) is 6.42 Å². The third-order valence-corrected chi connectivity index (χ3v) is 3.41. The maximum atomic E-state index is 11.4. The van der Waals surface area contributed by atoms with Crippen molar-refractivity contribution in [3.63, 3.8) is 0 Å². The Bertz CT molecular complexity index is 298. The summed E-state index contributed by atoms with van der Waals surface area (Å²) in [6.45, 7) is 4.02. The first kappa shape index (κ1) is 11.7. The molecule has 0 aromatic carbocycles. The monoisotopic (exact) mass is 221 g/mol. The van der Waals surface area contributed by atoms with Crippen LogP contribution in [-0.2, 0) is 4.79 Å². The van der Waals surface area contributed by atoms with Crippen molar-refractivity contribution in [3.8, 4) is 0 Å². The molecule has 0 spiro atoms. The SMILES string of the molecule is CC(C)NC(=O)CCCCC1CC1=C1CC1. The van der Waals surface area contributed by atoms with Gasteiger partial charge in [-0.2, -0.15) is 0 Å². The maximum Gasteiger partial charge on any atom is 0.220 e. The molecule has 90 valence electrons. The van der Waals surface area contributed by atoms with Gasteiger partial charge in [-0.25, -0.2) is 0 Å². The van der Waals surface area contributed by atoms with Crippen molar-refractivity contribution in [2.75, 3.05) is 0 Å². The molecule has 16 heavy (non-hydrogen) atoms. The van der Waals surface area contributed by atoms with E-state index in [1.54, 1.807) is 11.1 Å². The normalized spacial score (nSPS) is 22.6. The van der Waals surface area contributed by atoms with E-state index in [1.165, 1.54) is 32.1 Å². The summed E-state index contributed by atoms with van der Waals surface area (Å²) in [6, 6.07) is 0.280. The number of carbonyl (C=O) groups is 1. The zero-order valence-electron chi connectivity index (χ0n) is 10.5. The largest absolute Gasteiger partial charge is 0.354 e. The first-order valence-electron chi connectivity index (χ1n) is 6.67. The molecule has 2 aliphatic rings. The van der Waals surface area contributed by atoms with E-state index in [4.69, 9.17) is 0 Å². The van der Waals surface area contributed by atoms with Crippen molar-refractivity contribution in [3.05, 3.63) is 11.1 Å². The second-order valence-corrected chi connectivity index (χ2v) is 5.50. The molecular formula is C14H23NO. The van der Waals surface area contributed by atoms with Gasteiger partial charge in [-0.15, -0.1) is 0 Å². The van der Waals surface area contributed by atoms with E-state index in [1.807, 2.05) is 13.8 Å². The van der Waals surface area contributed by atoms with Gasteiger partial charge in [0.05, 0.1) is 0 Å². The lowest BCUT2D eigenvalue weighted by molar-refractivity contribution is -0.121. The van der Waals surface area contributed by atoms with Crippen LogP contribution in [0.25, 0.3) is 0 Å². The Balaban J connectivity index is 1.50. The first-order chi connectivity index (χ1) is 7.66. The fourth-order valence-electron chi connectivity index (χ4n) is 2.37. The van der Waals surface area contributed by atoms with E-state index in [9.17, 15) is 4.79 Å². The number of unbranched alkanes of at least 4 members (excludes halogenated alkanes) is 1. The summed E-state index contributed by atoms with van der Waals surface area (Å²) < 4.78 is 0. The molecule has 1 unspecified atom stereocenters. The summed E-state index contributed by atoms with van der Waals surface area (Å²) in [5.74, 6) is 1.12. The van der Waals surface area contributed by atoms with Crippen LogP contribution < -0.4 is 5.32 Å². The van der Waals surface area contributed by atoms with Crippen molar-refractivity contribution in [1.82, 2.24) is 5.32 Å². The van der Waals surface area contributed by atoms with Crippen molar-refractivity contribution in [2.45, 2.75) is 64.8 Å². The zero-order valence-corrected chi connectivity index (χ0v) is 10.5. The highest BCUT2D eigenvalue weighted by molar-refractivity contribution is 5.76. The van der Waals surface area contributed by atoms with E-state index in [2.05, 4.69) is 5.32 Å². The van der Waals surface area contributed by atoms with Crippen molar-refractivity contribution < 1.29 is 4.79 Å². The van der Waals surface area contributed by atoms with Crippen LogP contribution >= 0.6 is 0 Å². The van der Waals surface area contributed by atoms with Gasteiger partial charge in [-0.1, -0.05) is 17.6 Å². The second-order valence-electron chi connectivity index (χ2n) is 5.50. The summed E-state index contributed by atoms with van der Waals surface area (Å²) in [5, 5.41) is 2.94. The number of allylic oxidation sites excluding steroid dienone is 2. The second kappa shape index (κ2) is 5.03. The minimum Gasteiger partial charge on any atom is -0.354 e. The van der Waals surface area contributed by atoms with Crippen LogP contribution in [0.15, 0.2) is 11.1 Å². The van der Waals surface area contributed by atoms with E-state index in [-0.39, 0.29) is 11.9 Å². The average molecular weight is 221 g/mol. The van der Waals surface area contributed by atoms with Crippen molar-refractivity contribution >= 4 is 5.91 Å². The maximum absolute atomic E-state index is 11.4. The van der Waals surface area contributed by atoms with Crippen LogP contribution in [0.5, 0.6) is 0 Å². The van der Waals surface area contributed by atoms with E-state index < -0.39 is 0 Å². The Morgan fingerprint density at radius 3 is 2.75 bits per heavy atom. The molecule has 0 bridgehead atoms. The van der Waals surface area contributed by atoms with Gasteiger partial charge in [0, 0.05) is 12.5 Å². The standard InChI is InChI=1S/C14H23NO/c1-10(2)15-14(16)6-4-3-5-12-9-13(12)11-7-8-11/h10,12H,3-9H2,1-2H3,(H,15,16). The van der Waals surface area contributed by atoms with Crippen LogP contribution in [0.4, 0.5) is 0 Å². The molecule has 0 aliphatic heterocycles. The Morgan fingerprint density at radius 2 is 2.12 bits per heavy atom. The molecule has 0 aromatic rings. The fourth-order valence-corrected chi connectivity index (χ4v) is 2.37. The van der Waals surface area contributed by atoms with Crippen LogP contribution in [-0.4, -0.2) is 11.9 Å². The number of hydrogen-bond donors (Lipinski definition) is 1. The predicted molar refractivity (Wildman–Crippen MR) is 66.1 cm³/mol. The molecule has 2 fully saturated rings. The molecule has 1 atom stereocenters. The smallest absolute Gasteiger partial charge is 0.220 e. The summed E-state index contributed by atoms with van der Waals surface area (Å²) in [5.41, 5.74) is 3.52.